The molecule has 0 aliphatic carbocycles. The number of halogens is 1. The van der Waals surface area contributed by atoms with E-state index in [1.165, 1.54) is 48.0 Å². The van der Waals surface area contributed by atoms with Crippen molar-refractivity contribution in [2.75, 3.05) is 18.5 Å². The number of nitrogens with zero attached hydrogens (tertiary/aromatic N) is 1. The molecular formula is C22H25ClN2O4S2. The highest BCUT2D eigenvalue weighted by molar-refractivity contribution is 7.92. The van der Waals surface area contributed by atoms with Crippen LogP contribution in [0.4, 0.5) is 5.69 Å². The summed E-state index contributed by atoms with van der Waals surface area (Å²) in [5.74, 6) is 0.291. The molecule has 0 saturated carbocycles. The Morgan fingerprint density at radius 3 is 2.61 bits per heavy atom. The molecular weight excluding hydrogens is 456 g/mol. The van der Waals surface area contributed by atoms with Gasteiger partial charge in [0.05, 0.1) is 27.6 Å². The molecule has 0 fully saturated rings. The number of thiophene rings is 1. The number of carbonyl (C=O) groups is 1. The molecule has 2 aromatic carbocycles. The number of fused-ring (bicyclic) bond motifs is 1. The first-order chi connectivity index (χ1) is 14.7. The van der Waals surface area contributed by atoms with Crippen LogP contribution in [-0.4, -0.2) is 34.5 Å². The predicted molar refractivity (Wildman–Crippen MR) is 127 cm³/mol. The Hall–Kier alpha value is -2.29. The van der Waals surface area contributed by atoms with Gasteiger partial charge in [-0.1, -0.05) is 24.9 Å². The van der Waals surface area contributed by atoms with E-state index < -0.39 is 10.0 Å². The van der Waals surface area contributed by atoms with Crippen molar-refractivity contribution >= 4 is 54.6 Å². The van der Waals surface area contributed by atoms with Gasteiger partial charge in [0.25, 0.3) is 15.9 Å². The fraction of sp³-hybridized carbons (Fsp3) is 0.318. The molecule has 0 spiro atoms. The van der Waals surface area contributed by atoms with Crippen molar-refractivity contribution in [3.8, 4) is 5.75 Å². The van der Waals surface area contributed by atoms with Crippen molar-refractivity contribution in [2.45, 2.75) is 37.6 Å². The molecule has 0 unspecified atom stereocenters. The normalized spacial score (nSPS) is 12.5. The van der Waals surface area contributed by atoms with Gasteiger partial charge in [-0.15, -0.1) is 11.3 Å². The number of rotatable bonds is 8. The molecule has 1 amide bonds. The molecule has 1 atom stereocenters. The van der Waals surface area contributed by atoms with E-state index in [0.29, 0.717) is 16.3 Å². The average Bonchev–Trinajstić information content (AvgIpc) is 3.16. The minimum atomic E-state index is -3.82. The first-order valence-electron chi connectivity index (χ1n) is 9.84. The smallest absolute Gasteiger partial charge is 0.264 e. The summed E-state index contributed by atoms with van der Waals surface area (Å²) in [5, 5.41) is 4.03. The summed E-state index contributed by atoms with van der Waals surface area (Å²) in [6.45, 7) is 4.06. The van der Waals surface area contributed by atoms with E-state index >= 15 is 0 Å². The molecule has 0 bridgehead atoms. The van der Waals surface area contributed by atoms with Gasteiger partial charge in [0.2, 0.25) is 0 Å². The van der Waals surface area contributed by atoms with Gasteiger partial charge in [0, 0.05) is 17.8 Å². The maximum Gasteiger partial charge on any atom is 0.264 e. The van der Waals surface area contributed by atoms with Crippen LogP contribution < -0.4 is 14.4 Å². The molecule has 31 heavy (non-hydrogen) atoms. The highest BCUT2D eigenvalue weighted by Crippen LogP contribution is 2.33. The topological polar surface area (TPSA) is 75.7 Å². The number of hydrogen-bond donors (Lipinski definition) is 1. The highest BCUT2D eigenvalue weighted by atomic mass is 35.5. The summed E-state index contributed by atoms with van der Waals surface area (Å²) in [6.07, 6.45) is 1.91. The molecule has 166 valence electrons. The predicted octanol–water partition coefficient (Wildman–Crippen LogP) is 5.31. The van der Waals surface area contributed by atoms with E-state index in [9.17, 15) is 13.2 Å². The minimum absolute atomic E-state index is 0.0659. The Labute approximate surface area is 191 Å². The van der Waals surface area contributed by atoms with Crippen LogP contribution in [0.2, 0.25) is 5.02 Å². The second kappa shape index (κ2) is 9.46. The van der Waals surface area contributed by atoms with Gasteiger partial charge in [-0.3, -0.25) is 9.10 Å². The number of amides is 1. The van der Waals surface area contributed by atoms with Gasteiger partial charge in [-0.2, -0.15) is 0 Å². The van der Waals surface area contributed by atoms with Gasteiger partial charge >= 0.3 is 0 Å². The van der Waals surface area contributed by atoms with Gasteiger partial charge in [0.15, 0.2) is 0 Å². The van der Waals surface area contributed by atoms with Crippen molar-refractivity contribution < 1.29 is 17.9 Å². The quantitative estimate of drug-likeness (QED) is 0.474. The molecule has 9 heteroatoms. The van der Waals surface area contributed by atoms with Gasteiger partial charge in [-0.25, -0.2) is 8.42 Å². The minimum Gasteiger partial charge on any atom is -0.495 e. The lowest BCUT2D eigenvalue weighted by atomic mass is 10.2. The molecule has 6 nitrogen and oxygen atoms in total. The monoisotopic (exact) mass is 480 g/mol. The molecule has 3 rings (SSSR count). The zero-order valence-electron chi connectivity index (χ0n) is 17.8. The third-order valence-corrected chi connectivity index (χ3v) is 8.16. The summed E-state index contributed by atoms with van der Waals surface area (Å²) in [7, 11) is -0.866. The van der Waals surface area contributed by atoms with E-state index in [1.807, 2.05) is 13.0 Å². The second-order valence-corrected chi connectivity index (χ2v) is 10.7. The standard InChI is InChI=1S/C22H25ClN2O4S2/c1-5-6-14(2)24-22(26)21-12-15-11-16(7-10-20(15)30-21)25(3)31(27,28)17-8-9-19(29-4)18(23)13-17/h7-14H,5-6H2,1-4H3,(H,24,26)/t14-/m1/s1. The first kappa shape index (κ1) is 23.4. The van der Waals surface area contributed by atoms with Crippen LogP contribution in [-0.2, 0) is 10.0 Å². The number of methoxy groups -OCH3 is 1. The second-order valence-electron chi connectivity index (χ2n) is 7.26. The number of carbonyl (C=O) groups excluding carboxylic acids is 1. The Bertz CT molecular complexity index is 1210. The van der Waals surface area contributed by atoms with Gasteiger partial charge in [-0.05, 0) is 61.2 Å². The molecule has 1 N–H and O–H groups in total. The van der Waals surface area contributed by atoms with Crippen molar-refractivity contribution in [1.29, 1.82) is 0 Å². The van der Waals surface area contributed by atoms with E-state index in [2.05, 4.69) is 12.2 Å². The van der Waals surface area contributed by atoms with Crippen LogP contribution in [0.3, 0.4) is 0 Å². The van der Waals surface area contributed by atoms with Gasteiger partial charge in [0.1, 0.15) is 5.75 Å². The lowest BCUT2D eigenvalue weighted by Gasteiger charge is -2.20. The summed E-state index contributed by atoms with van der Waals surface area (Å²) in [4.78, 5) is 13.2. The lowest BCUT2D eigenvalue weighted by Crippen LogP contribution is -2.31. The number of hydrogen-bond acceptors (Lipinski definition) is 5. The lowest BCUT2D eigenvalue weighted by molar-refractivity contribution is 0.0942. The number of benzene rings is 2. The van der Waals surface area contributed by atoms with Crippen molar-refractivity contribution in [1.82, 2.24) is 5.32 Å². The molecule has 0 saturated heterocycles. The fourth-order valence-corrected chi connectivity index (χ4v) is 5.73. The van der Waals surface area contributed by atoms with Crippen LogP contribution >= 0.6 is 22.9 Å². The Kier molecular flexibility index (Phi) is 7.13. The third kappa shape index (κ3) is 4.97. The third-order valence-electron chi connectivity index (χ3n) is 4.97. The largest absolute Gasteiger partial charge is 0.495 e. The van der Waals surface area contributed by atoms with Crippen LogP contribution in [0.15, 0.2) is 47.4 Å². The number of anilines is 1. The van der Waals surface area contributed by atoms with E-state index in [1.54, 1.807) is 18.2 Å². The molecule has 0 radical (unpaired) electrons. The number of nitrogens with one attached hydrogen (secondary N) is 1. The van der Waals surface area contributed by atoms with Crippen LogP contribution in [0.25, 0.3) is 10.1 Å². The Balaban J connectivity index is 1.88. The van der Waals surface area contributed by atoms with Gasteiger partial charge < -0.3 is 10.1 Å². The maximum atomic E-state index is 13.1. The zero-order chi connectivity index (χ0) is 22.8. The number of sulfonamides is 1. The van der Waals surface area contributed by atoms with E-state index in [-0.39, 0.29) is 21.9 Å². The highest BCUT2D eigenvalue weighted by Gasteiger charge is 2.23. The summed E-state index contributed by atoms with van der Waals surface area (Å²) < 4.78 is 33.4. The van der Waals surface area contributed by atoms with Crippen LogP contribution in [0, 0.1) is 0 Å². The Morgan fingerprint density at radius 1 is 1.23 bits per heavy atom. The molecule has 1 aromatic heterocycles. The fourth-order valence-electron chi connectivity index (χ4n) is 3.24. The molecule has 3 aromatic rings. The number of ether oxygens (including phenoxy) is 1. The summed E-state index contributed by atoms with van der Waals surface area (Å²) >= 11 is 7.49. The van der Waals surface area contributed by atoms with Crippen LogP contribution in [0.1, 0.15) is 36.4 Å². The Morgan fingerprint density at radius 2 is 1.97 bits per heavy atom. The van der Waals surface area contributed by atoms with Crippen LogP contribution in [0.5, 0.6) is 5.75 Å². The SMILES string of the molecule is CCC[C@@H](C)NC(=O)c1cc2cc(N(C)S(=O)(=O)c3ccc(OC)c(Cl)c3)ccc2s1. The molecule has 1 heterocycles. The van der Waals surface area contributed by atoms with Crippen molar-refractivity contribution in [2.24, 2.45) is 0 Å². The zero-order valence-corrected chi connectivity index (χ0v) is 20.2. The summed E-state index contributed by atoms with van der Waals surface area (Å²) in [6, 6.07) is 11.6. The van der Waals surface area contributed by atoms with E-state index in [0.717, 1.165) is 22.9 Å². The molecule has 0 aliphatic rings. The van der Waals surface area contributed by atoms with Crippen molar-refractivity contribution in [3.05, 3.63) is 52.4 Å². The average molecular weight is 481 g/mol. The summed E-state index contributed by atoms with van der Waals surface area (Å²) in [5.41, 5.74) is 0.489. The first-order valence-corrected chi connectivity index (χ1v) is 12.5. The van der Waals surface area contributed by atoms with E-state index in [4.69, 9.17) is 16.3 Å². The molecule has 0 aliphatic heterocycles. The maximum absolute atomic E-state index is 13.1. The van der Waals surface area contributed by atoms with Crippen molar-refractivity contribution in [3.63, 3.8) is 0 Å².